The smallest absolute Gasteiger partial charge is 0.226 e. The summed E-state index contributed by atoms with van der Waals surface area (Å²) < 4.78 is 25.2. The van der Waals surface area contributed by atoms with E-state index in [4.69, 9.17) is 9.47 Å². The summed E-state index contributed by atoms with van der Waals surface area (Å²) in [6, 6.07) is 17.5. The summed E-state index contributed by atoms with van der Waals surface area (Å²) in [5.41, 5.74) is 3.17. The predicted octanol–water partition coefficient (Wildman–Crippen LogP) is 5.50. The molecule has 0 radical (unpaired) electrons. The molecule has 0 saturated carbocycles. The van der Waals surface area contributed by atoms with Gasteiger partial charge in [-0.25, -0.2) is 4.39 Å². The van der Waals surface area contributed by atoms with Crippen molar-refractivity contribution in [2.24, 2.45) is 0 Å². The van der Waals surface area contributed by atoms with Gasteiger partial charge in [-0.05, 0) is 66.9 Å². The quantitative estimate of drug-likeness (QED) is 0.356. The van der Waals surface area contributed by atoms with Crippen LogP contribution in [0.25, 0.3) is 10.9 Å². The van der Waals surface area contributed by atoms with E-state index in [2.05, 4.69) is 15.6 Å². The van der Waals surface area contributed by atoms with Crippen molar-refractivity contribution in [3.63, 3.8) is 0 Å². The fourth-order valence-electron chi connectivity index (χ4n) is 4.66. The third kappa shape index (κ3) is 4.22. The van der Waals surface area contributed by atoms with Crippen LogP contribution in [0.1, 0.15) is 24.5 Å². The third-order valence-corrected chi connectivity index (χ3v) is 6.30. The Morgan fingerprint density at radius 1 is 1.12 bits per heavy atom. The summed E-state index contributed by atoms with van der Waals surface area (Å²) in [6.07, 6.45) is 2.88. The molecule has 1 aliphatic heterocycles. The van der Waals surface area contributed by atoms with Crippen molar-refractivity contribution in [1.29, 1.82) is 0 Å². The Morgan fingerprint density at radius 2 is 1.97 bits per heavy atom. The van der Waals surface area contributed by atoms with Gasteiger partial charge in [-0.3, -0.25) is 4.79 Å². The van der Waals surface area contributed by atoms with Gasteiger partial charge in [0.05, 0.1) is 12.8 Å². The van der Waals surface area contributed by atoms with Crippen molar-refractivity contribution in [1.82, 2.24) is 10.3 Å². The van der Waals surface area contributed by atoms with Gasteiger partial charge >= 0.3 is 0 Å². The first-order valence-electron chi connectivity index (χ1n) is 11.2. The minimum atomic E-state index is -0.615. The van der Waals surface area contributed by atoms with Crippen LogP contribution in [0.2, 0.25) is 0 Å². The highest BCUT2D eigenvalue weighted by molar-refractivity contribution is 6.01. The number of nitrogens with one attached hydrogen (secondary N) is 3. The number of aromatic amines is 1. The maximum Gasteiger partial charge on any atom is 0.226 e. The molecular formula is C27H26FN3O3. The van der Waals surface area contributed by atoms with Gasteiger partial charge in [0.25, 0.3) is 0 Å². The van der Waals surface area contributed by atoms with E-state index < -0.39 is 5.54 Å². The van der Waals surface area contributed by atoms with Crippen molar-refractivity contribution >= 4 is 22.5 Å². The maximum absolute atomic E-state index is 13.7. The molecule has 2 heterocycles. The fraction of sp³-hybridized carbons (Fsp3) is 0.222. The van der Waals surface area contributed by atoms with E-state index in [1.54, 1.807) is 19.2 Å². The molecule has 1 aromatic heterocycles. The normalized spacial score (nSPS) is 17.3. The highest BCUT2D eigenvalue weighted by Crippen LogP contribution is 2.41. The molecule has 0 fully saturated rings. The van der Waals surface area contributed by atoms with Crippen molar-refractivity contribution in [2.45, 2.75) is 25.3 Å². The van der Waals surface area contributed by atoms with Crippen LogP contribution in [0.3, 0.4) is 0 Å². The molecule has 4 aromatic rings. The van der Waals surface area contributed by atoms with E-state index >= 15 is 0 Å². The minimum absolute atomic E-state index is 0.0973. The van der Waals surface area contributed by atoms with Crippen LogP contribution in [0, 0.1) is 5.82 Å². The van der Waals surface area contributed by atoms with Gasteiger partial charge in [-0.2, -0.15) is 0 Å². The molecule has 1 amide bonds. The largest absolute Gasteiger partial charge is 0.493 e. The number of carbonyl (C=O) groups excluding carboxylic acids is 1. The van der Waals surface area contributed by atoms with Gasteiger partial charge in [0.15, 0.2) is 11.5 Å². The van der Waals surface area contributed by atoms with Crippen molar-refractivity contribution < 1.29 is 18.7 Å². The number of fused-ring (bicyclic) bond motifs is 2. The van der Waals surface area contributed by atoms with Crippen LogP contribution >= 0.6 is 0 Å². The maximum atomic E-state index is 13.7. The van der Waals surface area contributed by atoms with Crippen molar-refractivity contribution in [2.75, 3.05) is 19.0 Å². The predicted molar refractivity (Wildman–Crippen MR) is 130 cm³/mol. The molecule has 174 valence electrons. The zero-order valence-electron chi connectivity index (χ0n) is 19.1. The summed E-state index contributed by atoms with van der Waals surface area (Å²) in [6.45, 7) is 2.75. The van der Waals surface area contributed by atoms with Crippen LogP contribution in [0.4, 0.5) is 10.1 Å². The Bertz CT molecular complexity index is 1370. The second-order valence-electron chi connectivity index (χ2n) is 8.70. The average Bonchev–Trinajstić information content (AvgIpc) is 3.29. The summed E-state index contributed by atoms with van der Waals surface area (Å²) in [4.78, 5) is 16.3. The molecule has 0 aliphatic carbocycles. The highest BCUT2D eigenvalue weighted by atomic mass is 19.1. The van der Waals surface area contributed by atoms with Gasteiger partial charge in [0.1, 0.15) is 11.6 Å². The first-order chi connectivity index (χ1) is 16.4. The van der Waals surface area contributed by atoms with Crippen LogP contribution in [0.15, 0.2) is 66.9 Å². The number of halogens is 1. The summed E-state index contributed by atoms with van der Waals surface area (Å²) >= 11 is 0. The summed E-state index contributed by atoms with van der Waals surface area (Å²) in [7, 11) is 1.58. The number of H-pyrrole nitrogens is 1. The number of hydrogen-bond donors (Lipinski definition) is 3. The number of carbonyl (C=O) groups is 1. The Kier molecular flexibility index (Phi) is 5.71. The lowest BCUT2D eigenvalue weighted by atomic mass is 9.81. The van der Waals surface area contributed by atoms with E-state index in [9.17, 15) is 9.18 Å². The number of ether oxygens (including phenoxy) is 2. The van der Waals surface area contributed by atoms with E-state index in [1.165, 1.54) is 12.1 Å². The lowest BCUT2D eigenvalue weighted by molar-refractivity contribution is -0.117. The molecule has 0 spiro atoms. The Balaban J connectivity index is 1.44. The molecule has 0 saturated heterocycles. The van der Waals surface area contributed by atoms with Crippen LogP contribution in [-0.4, -0.2) is 24.5 Å². The molecule has 1 atom stereocenters. The Morgan fingerprint density at radius 3 is 2.79 bits per heavy atom. The highest BCUT2D eigenvalue weighted by Gasteiger charge is 2.35. The van der Waals surface area contributed by atoms with Gasteiger partial charge < -0.3 is 25.1 Å². The molecule has 6 nitrogen and oxygen atoms in total. The van der Waals surface area contributed by atoms with E-state index in [0.717, 1.165) is 40.7 Å². The van der Waals surface area contributed by atoms with Crippen molar-refractivity contribution in [3.05, 3.63) is 83.8 Å². The number of anilines is 1. The Hall–Kier alpha value is -3.84. The van der Waals surface area contributed by atoms with Crippen LogP contribution in [0.5, 0.6) is 17.2 Å². The standard InChI is InChI=1S/C27H26FN3O3/c1-27(16-26(32)31-23-8-4-7-22-20(23)10-11-29-22)21-15-25(34-19-6-3-5-18(28)14-19)24(33-2)13-17(21)9-12-30-27/h3-8,10-11,13-15,29-30H,9,12,16H2,1-2H3,(H,31,32). The molecular weight excluding hydrogens is 433 g/mol. The number of hydrogen-bond acceptors (Lipinski definition) is 4. The number of methoxy groups -OCH3 is 1. The SMILES string of the molecule is COc1cc2c(cc1Oc1cccc(F)c1)C(C)(CC(=O)Nc1cccc3[nH]ccc13)NCC2. The first kappa shape index (κ1) is 22.0. The number of aromatic nitrogens is 1. The second kappa shape index (κ2) is 8.83. The zero-order valence-corrected chi connectivity index (χ0v) is 19.1. The molecule has 7 heteroatoms. The molecule has 3 N–H and O–H groups in total. The molecule has 1 aliphatic rings. The minimum Gasteiger partial charge on any atom is -0.493 e. The molecule has 5 rings (SSSR count). The first-order valence-corrected chi connectivity index (χ1v) is 11.2. The summed E-state index contributed by atoms with van der Waals surface area (Å²) in [5.74, 6) is 0.936. The Labute approximate surface area is 197 Å². The van der Waals surface area contributed by atoms with E-state index in [-0.39, 0.29) is 18.1 Å². The van der Waals surface area contributed by atoms with E-state index in [0.29, 0.717) is 17.2 Å². The van der Waals surface area contributed by atoms with Gasteiger partial charge in [0.2, 0.25) is 5.91 Å². The fourth-order valence-corrected chi connectivity index (χ4v) is 4.66. The summed E-state index contributed by atoms with van der Waals surface area (Å²) in [5, 5.41) is 7.54. The number of rotatable bonds is 6. The van der Waals surface area contributed by atoms with Crippen LogP contribution in [-0.2, 0) is 16.8 Å². The second-order valence-corrected chi connectivity index (χ2v) is 8.70. The topological polar surface area (TPSA) is 75.4 Å². The van der Waals surface area contributed by atoms with Gasteiger partial charge in [-0.1, -0.05) is 12.1 Å². The van der Waals surface area contributed by atoms with Gasteiger partial charge in [-0.15, -0.1) is 0 Å². The van der Waals surface area contributed by atoms with E-state index in [1.807, 2.05) is 49.5 Å². The van der Waals surface area contributed by atoms with Crippen LogP contribution < -0.4 is 20.1 Å². The molecule has 0 bridgehead atoms. The number of amides is 1. The number of benzene rings is 3. The van der Waals surface area contributed by atoms with Gasteiger partial charge in [0, 0.05) is 41.7 Å². The third-order valence-electron chi connectivity index (χ3n) is 6.30. The lowest BCUT2D eigenvalue weighted by Gasteiger charge is -2.37. The molecule has 3 aromatic carbocycles. The molecule has 1 unspecified atom stereocenters. The molecule has 34 heavy (non-hydrogen) atoms. The lowest BCUT2D eigenvalue weighted by Crippen LogP contribution is -2.47. The average molecular weight is 460 g/mol. The zero-order chi connectivity index (χ0) is 23.7. The monoisotopic (exact) mass is 459 g/mol. The van der Waals surface area contributed by atoms with Crippen molar-refractivity contribution in [3.8, 4) is 17.2 Å².